The lowest BCUT2D eigenvalue weighted by atomic mass is 10.1. The van der Waals surface area contributed by atoms with Gasteiger partial charge in [0.15, 0.2) is 0 Å². The Balaban J connectivity index is 2.26. The second kappa shape index (κ2) is 5.81. The summed E-state index contributed by atoms with van der Waals surface area (Å²) in [5, 5.41) is 0. The zero-order chi connectivity index (χ0) is 14.0. The molecule has 1 heterocycles. The SMILES string of the molecule is Cc1ccc(C)c(S(=O)(=O)N2CCC(CCCl)C2)c1. The molecule has 2 rings (SSSR count). The van der Waals surface area contributed by atoms with E-state index < -0.39 is 10.0 Å². The normalized spacial score (nSPS) is 20.9. The van der Waals surface area contributed by atoms with Crippen LogP contribution in [0.2, 0.25) is 0 Å². The fourth-order valence-electron chi connectivity index (χ4n) is 2.53. The summed E-state index contributed by atoms with van der Waals surface area (Å²) in [6, 6.07) is 5.57. The first-order valence-corrected chi connectivity index (χ1v) is 8.56. The van der Waals surface area contributed by atoms with E-state index in [1.54, 1.807) is 10.4 Å². The van der Waals surface area contributed by atoms with E-state index in [0.717, 1.165) is 24.0 Å². The van der Waals surface area contributed by atoms with Crippen molar-refractivity contribution >= 4 is 21.6 Å². The summed E-state index contributed by atoms with van der Waals surface area (Å²) >= 11 is 5.74. The van der Waals surface area contributed by atoms with E-state index in [9.17, 15) is 8.42 Å². The summed E-state index contributed by atoms with van der Waals surface area (Å²) in [5.74, 6) is 1.000. The highest BCUT2D eigenvalue weighted by atomic mass is 35.5. The van der Waals surface area contributed by atoms with Gasteiger partial charge in [0.25, 0.3) is 0 Å². The highest BCUT2D eigenvalue weighted by Crippen LogP contribution is 2.28. The minimum absolute atomic E-state index is 0.400. The van der Waals surface area contributed by atoms with Crippen LogP contribution in [0, 0.1) is 19.8 Å². The number of aryl methyl sites for hydroxylation is 2. The molecule has 19 heavy (non-hydrogen) atoms. The standard InChI is InChI=1S/C14H20ClNO2S/c1-11-3-4-12(2)14(9-11)19(17,18)16-8-6-13(10-16)5-7-15/h3-4,9,13H,5-8,10H2,1-2H3. The van der Waals surface area contributed by atoms with Crippen LogP contribution in [0.25, 0.3) is 0 Å². The molecule has 1 aromatic rings. The van der Waals surface area contributed by atoms with E-state index in [1.807, 2.05) is 26.0 Å². The third kappa shape index (κ3) is 3.12. The lowest BCUT2D eigenvalue weighted by Gasteiger charge is -2.18. The molecule has 1 aromatic carbocycles. The van der Waals surface area contributed by atoms with E-state index in [-0.39, 0.29) is 0 Å². The predicted molar refractivity (Wildman–Crippen MR) is 78.1 cm³/mol. The molecule has 0 N–H and O–H groups in total. The molecule has 106 valence electrons. The molecule has 0 spiro atoms. The van der Waals surface area contributed by atoms with Crippen LogP contribution in [-0.2, 0) is 10.0 Å². The van der Waals surface area contributed by atoms with Gasteiger partial charge < -0.3 is 0 Å². The molecule has 1 fully saturated rings. The monoisotopic (exact) mass is 301 g/mol. The summed E-state index contributed by atoms with van der Waals surface area (Å²) < 4.78 is 26.9. The Morgan fingerprint density at radius 2 is 2.11 bits per heavy atom. The van der Waals surface area contributed by atoms with E-state index >= 15 is 0 Å². The second-order valence-electron chi connectivity index (χ2n) is 5.26. The van der Waals surface area contributed by atoms with Crippen molar-refractivity contribution in [1.82, 2.24) is 4.31 Å². The molecule has 0 aliphatic carbocycles. The molecular formula is C14H20ClNO2S. The second-order valence-corrected chi connectivity index (χ2v) is 7.55. The Morgan fingerprint density at radius 3 is 2.79 bits per heavy atom. The van der Waals surface area contributed by atoms with Crippen LogP contribution < -0.4 is 0 Å². The molecular weight excluding hydrogens is 282 g/mol. The van der Waals surface area contributed by atoms with Gasteiger partial charge in [-0.05, 0) is 49.8 Å². The molecule has 1 saturated heterocycles. The van der Waals surface area contributed by atoms with Gasteiger partial charge in [0.05, 0.1) is 4.90 Å². The first-order valence-electron chi connectivity index (χ1n) is 6.58. The summed E-state index contributed by atoms with van der Waals surface area (Å²) in [6.45, 7) is 4.97. The third-order valence-electron chi connectivity index (χ3n) is 3.73. The van der Waals surface area contributed by atoms with E-state index in [4.69, 9.17) is 11.6 Å². The van der Waals surface area contributed by atoms with Crippen molar-refractivity contribution in [3.05, 3.63) is 29.3 Å². The number of hydrogen-bond acceptors (Lipinski definition) is 2. The van der Waals surface area contributed by atoms with Gasteiger partial charge >= 0.3 is 0 Å². The number of nitrogens with zero attached hydrogens (tertiary/aromatic N) is 1. The molecule has 0 aromatic heterocycles. The average molecular weight is 302 g/mol. The van der Waals surface area contributed by atoms with Crippen molar-refractivity contribution in [2.75, 3.05) is 19.0 Å². The van der Waals surface area contributed by atoms with Gasteiger partial charge in [-0.1, -0.05) is 12.1 Å². The van der Waals surface area contributed by atoms with Gasteiger partial charge in [-0.15, -0.1) is 11.6 Å². The van der Waals surface area contributed by atoms with Crippen molar-refractivity contribution in [2.24, 2.45) is 5.92 Å². The van der Waals surface area contributed by atoms with Crippen LogP contribution in [0.15, 0.2) is 23.1 Å². The summed E-state index contributed by atoms with van der Waals surface area (Å²) in [7, 11) is -3.35. The number of alkyl halides is 1. The molecule has 5 heteroatoms. The largest absolute Gasteiger partial charge is 0.243 e. The van der Waals surface area contributed by atoms with E-state index in [2.05, 4.69) is 0 Å². The lowest BCUT2D eigenvalue weighted by Crippen LogP contribution is -2.29. The third-order valence-corrected chi connectivity index (χ3v) is 5.95. The Labute approximate surface area is 120 Å². The van der Waals surface area contributed by atoms with Gasteiger partial charge in [0.2, 0.25) is 10.0 Å². The lowest BCUT2D eigenvalue weighted by molar-refractivity contribution is 0.453. The summed E-state index contributed by atoms with van der Waals surface area (Å²) in [4.78, 5) is 0.444. The quantitative estimate of drug-likeness (QED) is 0.802. The van der Waals surface area contributed by atoms with Crippen molar-refractivity contribution in [3.8, 4) is 0 Å². The molecule has 0 amide bonds. The van der Waals surface area contributed by atoms with E-state index in [1.165, 1.54) is 0 Å². The maximum Gasteiger partial charge on any atom is 0.243 e. The average Bonchev–Trinajstić information content (AvgIpc) is 2.82. The minimum Gasteiger partial charge on any atom is -0.207 e. The van der Waals surface area contributed by atoms with Crippen molar-refractivity contribution in [3.63, 3.8) is 0 Å². The Hall–Kier alpha value is -0.580. The van der Waals surface area contributed by atoms with Gasteiger partial charge in [-0.3, -0.25) is 0 Å². The number of rotatable bonds is 4. The molecule has 0 saturated carbocycles. The fraction of sp³-hybridized carbons (Fsp3) is 0.571. The maximum atomic E-state index is 12.7. The Bertz CT molecular complexity index is 557. The summed E-state index contributed by atoms with van der Waals surface area (Å²) in [5.41, 5.74) is 1.78. The van der Waals surface area contributed by atoms with Gasteiger partial charge in [0.1, 0.15) is 0 Å². The van der Waals surface area contributed by atoms with Crippen LogP contribution in [-0.4, -0.2) is 31.7 Å². The highest BCUT2D eigenvalue weighted by Gasteiger charge is 2.32. The number of halogens is 1. The van der Waals surface area contributed by atoms with Crippen LogP contribution in [0.1, 0.15) is 24.0 Å². The molecule has 1 aliphatic rings. The predicted octanol–water partition coefficient (Wildman–Crippen LogP) is 2.94. The Kier molecular flexibility index (Phi) is 4.54. The smallest absolute Gasteiger partial charge is 0.207 e. The van der Waals surface area contributed by atoms with Gasteiger partial charge in [-0.2, -0.15) is 4.31 Å². The van der Waals surface area contributed by atoms with Gasteiger partial charge in [-0.25, -0.2) is 8.42 Å². The number of benzene rings is 1. The Morgan fingerprint density at radius 1 is 1.37 bits per heavy atom. The van der Waals surface area contributed by atoms with Crippen LogP contribution in [0.5, 0.6) is 0 Å². The first-order chi connectivity index (χ1) is 8.95. The summed E-state index contributed by atoms with van der Waals surface area (Å²) in [6.07, 6.45) is 1.80. The maximum absolute atomic E-state index is 12.7. The number of hydrogen-bond donors (Lipinski definition) is 0. The van der Waals surface area contributed by atoms with Crippen molar-refractivity contribution in [1.29, 1.82) is 0 Å². The van der Waals surface area contributed by atoms with E-state index in [0.29, 0.717) is 29.8 Å². The first kappa shape index (κ1) is 14.8. The van der Waals surface area contributed by atoms with Crippen molar-refractivity contribution < 1.29 is 8.42 Å². The molecule has 0 bridgehead atoms. The molecule has 3 nitrogen and oxygen atoms in total. The molecule has 1 unspecified atom stereocenters. The topological polar surface area (TPSA) is 37.4 Å². The molecule has 1 aliphatic heterocycles. The van der Waals surface area contributed by atoms with Gasteiger partial charge in [0, 0.05) is 19.0 Å². The molecule has 1 atom stereocenters. The zero-order valence-electron chi connectivity index (χ0n) is 11.4. The molecule has 0 radical (unpaired) electrons. The number of sulfonamides is 1. The van der Waals surface area contributed by atoms with Crippen LogP contribution in [0.4, 0.5) is 0 Å². The minimum atomic E-state index is -3.35. The van der Waals surface area contributed by atoms with Crippen LogP contribution in [0.3, 0.4) is 0 Å². The van der Waals surface area contributed by atoms with Crippen molar-refractivity contribution in [2.45, 2.75) is 31.6 Å². The highest BCUT2D eigenvalue weighted by molar-refractivity contribution is 7.89. The zero-order valence-corrected chi connectivity index (χ0v) is 13.0. The van der Waals surface area contributed by atoms with Crippen LogP contribution >= 0.6 is 11.6 Å². The fourth-order valence-corrected chi connectivity index (χ4v) is 4.68.